The van der Waals surface area contributed by atoms with Gasteiger partial charge in [0.2, 0.25) is 0 Å². The average Bonchev–Trinajstić information content (AvgIpc) is 2.91. The highest BCUT2D eigenvalue weighted by Crippen LogP contribution is 2.28. The van der Waals surface area contributed by atoms with Crippen LogP contribution in [-0.4, -0.2) is 63.6 Å². The largest absolute Gasteiger partial charge is 0.478 e. The molecule has 9 heteroatoms. The number of hydrogen-bond acceptors (Lipinski definition) is 6. The maximum absolute atomic E-state index is 14.2. The van der Waals surface area contributed by atoms with Crippen LogP contribution >= 0.6 is 11.6 Å². The number of nitrogens with zero attached hydrogens (tertiary/aromatic N) is 5. The van der Waals surface area contributed by atoms with Gasteiger partial charge in [-0.15, -0.1) is 0 Å². The number of halogens is 2. The van der Waals surface area contributed by atoms with Crippen molar-refractivity contribution in [2.45, 2.75) is 46.3 Å². The molecule has 0 atom stereocenters. The van der Waals surface area contributed by atoms with Crippen molar-refractivity contribution < 1.29 is 14.3 Å². The summed E-state index contributed by atoms with van der Waals surface area (Å²) >= 11 is 6.21. The number of carbonyl (C=O) groups is 1. The molecule has 0 radical (unpaired) electrons. The van der Waals surface area contributed by atoms with Crippen molar-refractivity contribution in [2.24, 2.45) is 0 Å². The third-order valence-electron chi connectivity index (χ3n) is 7.04. The van der Waals surface area contributed by atoms with E-state index in [1.807, 2.05) is 33.0 Å². The molecule has 0 aliphatic carbocycles. The Labute approximate surface area is 228 Å². The smallest absolute Gasteiger partial charge is 0.339 e. The first-order chi connectivity index (χ1) is 18.3. The highest BCUT2D eigenvalue weighted by Gasteiger charge is 2.25. The molecule has 38 heavy (non-hydrogen) atoms. The van der Waals surface area contributed by atoms with Gasteiger partial charge in [0.05, 0.1) is 5.69 Å². The highest BCUT2D eigenvalue weighted by molar-refractivity contribution is 6.31. The summed E-state index contributed by atoms with van der Waals surface area (Å²) in [6.45, 7) is 11.6. The summed E-state index contributed by atoms with van der Waals surface area (Å²) in [7, 11) is 0. The Balaban J connectivity index is 1.33. The van der Waals surface area contributed by atoms with Gasteiger partial charge in [-0.2, -0.15) is 0 Å². The van der Waals surface area contributed by atoms with Crippen LogP contribution in [0.5, 0.6) is 0 Å². The summed E-state index contributed by atoms with van der Waals surface area (Å²) in [4.78, 5) is 27.6. The number of benzene rings is 1. The van der Waals surface area contributed by atoms with Gasteiger partial charge in [-0.1, -0.05) is 44.5 Å². The molecule has 0 unspecified atom stereocenters. The minimum Gasteiger partial charge on any atom is -0.478 e. The van der Waals surface area contributed by atoms with Gasteiger partial charge < -0.3 is 10.0 Å². The zero-order valence-electron chi connectivity index (χ0n) is 22.2. The van der Waals surface area contributed by atoms with Crippen molar-refractivity contribution in [1.82, 2.24) is 19.8 Å². The number of aromatic nitrogens is 2. The molecule has 3 heterocycles. The summed E-state index contributed by atoms with van der Waals surface area (Å²) < 4.78 is 14.2. The normalized spacial score (nSPS) is 14.4. The zero-order chi connectivity index (χ0) is 27.2. The summed E-state index contributed by atoms with van der Waals surface area (Å²) in [5.41, 5.74) is 3.68. The number of anilines is 1. The fourth-order valence-corrected chi connectivity index (χ4v) is 5.06. The molecule has 1 aliphatic rings. The van der Waals surface area contributed by atoms with Crippen LogP contribution in [0.3, 0.4) is 0 Å². The lowest BCUT2D eigenvalue weighted by Crippen LogP contribution is -2.46. The van der Waals surface area contributed by atoms with E-state index < -0.39 is 5.97 Å². The summed E-state index contributed by atoms with van der Waals surface area (Å²) in [5, 5.41) is 10.3. The standard InChI is InChI=1S/C29H35ClFN5O2/c1-4-34(19-24-25(30)6-5-7-26(24)31)18-22-9-8-21(16-33-22)17-35-12-14-36(15-13-35)28-27(29(37)38)23(20(2)3)10-11-32-28/h5-11,16,20H,4,12-15,17-19H2,1-3H3,(H,37,38). The van der Waals surface area contributed by atoms with Gasteiger partial charge in [-0.25, -0.2) is 14.2 Å². The first-order valence-electron chi connectivity index (χ1n) is 13.0. The van der Waals surface area contributed by atoms with Crippen LogP contribution in [0.2, 0.25) is 5.02 Å². The van der Waals surface area contributed by atoms with E-state index in [4.69, 9.17) is 11.6 Å². The van der Waals surface area contributed by atoms with Gasteiger partial charge >= 0.3 is 5.97 Å². The van der Waals surface area contributed by atoms with Crippen LogP contribution in [0, 0.1) is 5.82 Å². The van der Waals surface area contributed by atoms with E-state index in [1.165, 1.54) is 6.07 Å². The Hall–Kier alpha value is -3.07. The SMILES string of the molecule is CCN(Cc1ccc(CN2CCN(c3nccc(C(C)C)c3C(=O)O)CC2)cn1)Cc1c(F)cccc1Cl. The zero-order valence-corrected chi connectivity index (χ0v) is 23.0. The highest BCUT2D eigenvalue weighted by atomic mass is 35.5. The Morgan fingerprint density at radius 2 is 1.87 bits per heavy atom. The van der Waals surface area contributed by atoms with Crippen molar-refractivity contribution in [3.8, 4) is 0 Å². The van der Waals surface area contributed by atoms with Crippen molar-refractivity contribution in [2.75, 3.05) is 37.6 Å². The minimum absolute atomic E-state index is 0.112. The molecule has 2 aromatic heterocycles. The molecule has 1 aromatic carbocycles. The second-order valence-corrected chi connectivity index (χ2v) is 10.4. The van der Waals surface area contributed by atoms with E-state index in [0.29, 0.717) is 48.1 Å². The van der Waals surface area contributed by atoms with E-state index in [0.717, 1.165) is 43.0 Å². The van der Waals surface area contributed by atoms with Crippen molar-refractivity contribution >= 4 is 23.4 Å². The number of pyridine rings is 2. The van der Waals surface area contributed by atoms with Crippen molar-refractivity contribution in [1.29, 1.82) is 0 Å². The Bertz CT molecular complexity index is 1230. The first kappa shape index (κ1) is 28.0. The number of carboxylic acid groups (broad SMARTS) is 1. The van der Waals surface area contributed by atoms with Crippen LogP contribution in [0.4, 0.5) is 10.2 Å². The molecule has 0 spiro atoms. The summed E-state index contributed by atoms with van der Waals surface area (Å²) in [6, 6.07) is 10.7. The number of rotatable bonds is 10. The maximum Gasteiger partial charge on any atom is 0.339 e. The number of carboxylic acids is 1. The van der Waals surface area contributed by atoms with E-state index in [9.17, 15) is 14.3 Å². The molecule has 3 aromatic rings. The summed E-state index contributed by atoms with van der Waals surface area (Å²) in [5.74, 6) is -0.543. The molecule has 1 N–H and O–H groups in total. The first-order valence-corrected chi connectivity index (χ1v) is 13.4. The molecule has 0 bridgehead atoms. The van der Waals surface area contributed by atoms with Crippen molar-refractivity contribution in [3.05, 3.63) is 87.6 Å². The van der Waals surface area contributed by atoms with Gasteiger partial charge in [-0.05, 0) is 47.9 Å². The Kier molecular flexibility index (Phi) is 9.31. The average molecular weight is 540 g/mol. The second kappa shape index (κ2) is 12.7. The molecular formula is C29H35ClFN5O2. The molecule has 1 aliphatic heterocycles. The quantitative estimate of drug-likeness (QED) is 0.368. The van der Waals surface area contributed by atoms with Gasteiger partial charge in [0, 0.05) is 68.8 Å². The molecular weight excluding hydrogens is 505 g/mol. The van der Waals surface area contributed by atoms with Gasteiger partial charge in [-0.3, -0.25) is 14.8 Å². The molecule has 1 saturated heterocycles. The minimum atomic E-state index is -0.927. The topological polar surface area (TPSA) is 72.8 Å². The predicted molar refractivity (Wildman–Crippen MR) is 148 cm³/mol. The second-order valence-electron chi connectivity index (χ2n) is 9.98. The molecule has 0 amide bonds. The van der Waals surface area contributed by atoms with Crippen molar-refractivity contribution in [3.63, 3.8) is 0 Å². The summed E-state index contributed by atoms with van der Waals surface area (Å²) in [6.07, 6.45) is 3.61. The fourth-order valence-electron chi connectivity index (χ4n) is 4.84. The van der Waals surface area contributed by atoms with Crippen LogP contribution < -0.4 is 4.90 Å². The van der Waals surface area contributed by atoms with Crippen LogP contribution in [0.15, 0.2) is 48.8 Å². The van der Waals surface area contributed by atoms with Crippen LogP contribution in [0.1, 0.15) is 59.4 Å². The molecule has 0 saturated carbocycles. The van der Waals surface area contributed by atoms with Crippen LogP contribution in [0.25, 0.3) is 0 Å². The molecule has 7 nitrogen and oxygen atoms in total. The van der Waals surface area contributed by atoms with Gasteiger partial charge in [0.1, 0.15) is 17.2 Å². The third kappa shape index (κ3) is 6.67. The molecule has 1 fully saturated rings. The lowest BCUT2D eigenvalue weighted by molar-refractivity contribution is 0.0695. The van der Waals surface area contributed by atoms with E-state index in [-0.39, 0.29) is 11.7 Å². The molecule has 202 valence electrons. The lowest BCUT2D eigenvalue weighted by atomic mass is 9.98. The fraction of sp³-hybridized carbons (Fsp3) is 0.414. The maximum atomic E-state index is 14.2. The molecule has 4 rings (SSSR count). The predicted octanol–water partition coefficient (Wildman–Crippen LogP) is 5.44. The lowest BCUT2D eigenvalue weighted by Gasteiger charge is -2.36. The van der Waals surface area contributed by atoms with E-state index in [1.54, 1.807) is 24.4 Å². The Morgan fingerprint density at radius 3 is 2.47 bits per heavy atom. The number of hydrogen-bond donors (Lipinski definition) is 1. The monoisotopic (exact) mass is 539 g/mol. The van der Waals surface area contributed by atoms with E-state index in [2.05, 4.69) is 30.7 Å². The number of piperazine rings is 1. The third-order valence-corrected chi connectivity index (χ3v) is 7.39. The number of aromatic carboxylic acids is 1. The Morgan fingerprint density at radius 1 is 1.11 bits per heavy atom. The van der Waals surface area contributed by atoms with Crippen LogP contribution in [-0.2, 0) is 19.6 Å². The van der Waals surface area contributed by atoms with E-state index >= 15 is 0 Å². The van der Waals surface area contributed by atoms with Gasteiger partial charge in [0.15, 0.2) is 0 Å². The van der Waals surface area contributed by atoms with Gasteiger partial charge in [0.25, 0.3) is 0 Å².